The largest absolute Gasteiger partial charge is 0.326 e. The molecule has 2 rings (SSSR count). The van der Waals surface area contributed by atoms with E-state index >= 15 is 0 Å². The van der Waals surface area contributed by atoms with Gasteiger partial charge in [-0.15, -0.1) is 0 Å². The molecule has 0 saturated heterocycles. The molecule has 1 aliphatic rings. The summed E-state index contributed by atoms with van der Waals surface area (Å²) in [7, 11) is -3.39. The van der Waals surface area contributed by atoms with E-state index in [2.05, 4.69) is 12.1 Å². The molecule has 4 nitrogen and oxygen atoms in total. The van der Waals surface area contributed by atoms with E-state index in [1.165, 1.54) is 12.8 Å². The van der Waals surface area contributed by atoms with Gasteiger partial charge in [0.05, 0.1) is 12.9 Å². The number of benzene rings is 1. The van der Waals surface area contributed by atoms with Crippen LogP contribution in [0.2, 0.25) is 0 Å². The standard InChI is InChI=1S/C15H23NO3S/c1-20(17,18)19-11-15(13-4-2-3-5-13)14-8-6-12(10-16)7-9-14/h6-9,13,15H,2-5,10-11,16H2,1H3. The van der Waals surface area contributed by atoms with Gasteiger partial charge in [-0.3, -0.25) is 4.18 Å². The van der Waals surface area contributed by atoms with Crippen LogP contribution in [0.4, 0.5) is 0 Å². The molecule has 5 heteroatoms. The molecular weight excluding hydrogens is 274 g/mol. The first-order valence-corrected chi connectivity index (χ1v) is 8.94. The summed E-state index contributed by atoms with van der Waals surface area (Å²) in [4.78, 5) is 0. The van der Waals surface area contributed by atoms with Gasteiger partial charge in [-0.05, 0) is 29.9 Å². The van der Waals surface area contributed by atoms with Crippen molar-refractivity contribution in [3.05, 3.63) is 35.4 Å². The van der Waals surface area contributed by atoms with E-state index in [1.54, 1.807) is 0 Å². The molecule has 1 saturated carbocycles. The number of nitrogens with two attached hydrogens (primary N) is 1. The average Bonchev–Trinajstić information content (AvgIpc) is 2.92. The Labute approximate surface area is 121 Å². The fourth-order valence-electron chi connectivity index (χ4n) is 2.96. The fourth-order valence-corrected chi connectivity index (χ4v) is 3.36. The topological polar surface area (TPSA) is 69.4 Å². The van der Waals surface area contributed by atoms with E-state index in [0.717, 1.165) is 30.2 Å². The molecule has 0 aromatic heterocycles. The molecule has 0 heterocycles. The van der Waals surface area contributed by atoms with Gasteiger partial charge in [-0.2, -0.15) is 8.42 Å². The molecule has 112 valence electrons. The third kappa shape index (κ3) is 4.30. The summed E-state index contributed by atoms with van der Waals surface area (Å²) in [5.74, 6) is 0.666. The van der Waals surface area contributed by atoms with E-state index in [4.69, 9.17) is 9.92 Å². The lowest BCUT2D eigenvalue weighted by atomic mass is 9.85. The lowest BCUT2D eigenvalue weighted by Gasteiger charge is -2.23. The molecule has 0 aliphatic heterocycles. The minimum Gasteiger partial charge on any atom is -0.326 e. The predicted molar refractivity (Wildman–Crippen MR) is 79.8 cm³/mol. The van der Waals surface area contributed by atoms with Gasteiger partial charge in [0.15, 0.2) is 0 Å². The van der Waals surface area contributed by atoms with Gasteiger partial charge in [0, 0.05) is 12.5 Å². The molecule has 1 aromatic carbocycles. The van der Waals surface area contributed by atoms with Crippen molar-refractivity contribution in [2.75, 3.05) is 12.9 Å². The Balaban J connectivity index is 2.15. The molecule has 0 bridgehead atoms. The van der Waals surface area contributed by atoms with Crippen LogP contribution in [0.25, 0.3) is 0 Å². The highest BCUT2D eigenvalue weighted by Crippen LogP contribution is 2.37. The maximum Gasteiger partial charge on any atom is 0.264 e. The van der Waals surface area contributed by atoms with E-state index in [1.807, 2.05) is 12.1 Å². The maximum absolute atomic E-state index is 11.2. The first-order valence-electron chi connectivity index (χ1n) is 7.13. The van der Waals surface area contributed by atoms with Crippen molar-refractivity contribution in [3.63, 3.8) is 0 Å². The second-order valence-electron chi connectivity index (χ2n) is 5.59. The van der Waals surface area contributed by atoms with Gasteiger partial charge in [0.1, 0.15) is 0 Å². The van der Waals surface area contributed by atoms with E-state index < -0.39 is 10.1 Å². The second kappa shape index (κ2) is 6.70. The summed E-state index contributed by atoms with van der Waals surface area (Å²) in [6.45, 7) is 0.764. The molecule has 0 radical (unpaired) electrons. The Morgan fingerprint density at radius 1 is 1.25 bits per heavy atom. The van der Waals surface area contributed by atoms with Gasteiger partial charge < -0.3 is 5.73 Å². The molecule has 1 atom stereocenters. The van der Waals surface area contributed by atoms with Crippen molar-refractivity contribution in [3.8, 4) is 0 Å². The van der Waals surface area contributed by atoms with Crippen LogP contribution in [0.3, 0.4) is 0 Å². The third-order valence-corrected chi connectivity index (χ3v) is 4.64. The molecule has 1 unspecified atom stereocenters. The SMILES string of the molecule is CS(=O)(=O)OCC(c1ccc(CN)cc1)C1CCCC1. The van der Waals surface area contributed by atoms with E-state index in [-0.39, 0.29) is 12.5 Å². The molecule has 1 aromatic rings. The van der Waals surface area contributed by atoms with Crippen molar-refractivity contribution >= 4 is 10.1 Å². The van der Waals surface area contributed by atoms with Crippen molar-refractivity contribution in [1.29, 1.82) is 0 Å². The Morgan fingerprint density at radius 2 is 1.85 bits per heavy atom. The first-order chi connectivity index (χ1) is 9.49. The van der Waals surface area contributed by atoms with E-state index in [9.17, 15) is 8.42 Å². The van der Waals surface area contributed by atoms with Gasteiger partial charge in [0.25, 0.3) is 10.1 Å². The van der Waals surface area contributed by atoms with Crippen LogP contribution >= 0.6 is 0 Å². The number of hydrogen-bond donors (Lipinski definition) is 1. The smallest absolute Gasteiger partial charge is 0.264 e. The summed E-state index contributed by atoms with van der Waals surface area (Å²) >= 11 is 0. The highest BCUT2D eigenvalue weighted by Gasteiger charge is 2.27. The zero-order chi connectivity index (χ0) is 14.6. The van der Waals surface area contributed by atoms with Gasteiger partial charge in [-0.1, -0.05) is 37.1 Å². The van der Waals surface area contributed by atoms with Crippen LogP contribution in [0.5, 0.6) is 0 Å². The van der Waals surface area contributed by atoms with Crippen LogP contribution in [-0.2, 0) is 20.8 Å². The van der Waals surface area contributed by atoms with Crippen LogP contribution in [-0.4, -0.2) is 21.3 Å². The molecule has 1 aliphatic carbocycles. The van der Waals surface area contributed by atoms with Gasteiger partial charge in [-0.25, -0.2) is 0 Å². The molecule has 1 fully saturated rings. The Kier molecular flexibility index (Phi) is 5.18. The second-order valence-corrected chi connectivity index (χ2v) is 7.23. The van der Waals surface area contributed by atoms with Crippen LogP contribution in [0, 0.1) is 5.92 Å². The zero-order valence-corrected chi connectivity index (χ0v) is 12.7. The van der Waals surface area contributed by atoms with E-state index in [0.29, 0.717) is 12.5 Å². The molecule has 20 heavy (non-hydrogen) atoms. The predicted octanol–water partition coefficient (Wildman–Crippen LogP) is 2.40. The van der Waals surface area contributed by atoms with Crippen molar-refractivity contribution < 1.29 is 12.6 Å². The summed E-state index contributed by atoms with van der Waals surface area (Å²) in [5.41, 5.74) is 7.85. The van der Waals surface area contributed by atoms with Crippen LogP contribution in [0.15, 0.2) is 24.3 Å². The van der Waals surface area contributed by atoms with Crippen LogP contribution < -0.4 is 5.73 Å². The molecule has 2 N–H and O–H groups in total. The highest BCUT2D eigenvalue weighted by molar-refractivity contribution is 7.85. The molecule has 0 spiro atoms. The average molecular weight is 297 g/mol. The minimum absolute atomic E-state index is 0.152. The zero-order valence-electron chi connectivity index (χ0n) is 11.9. The highest BCUT2D eigenvalue weighted by atomic mass is 32.2. The van der Waals surface area contributed by atoms with Crippen molar-refractivity contribution in [2.24, 2.45) is 11.7 Å². The van der Waals surface area contributed by atoms with Crippen LogP contribution in [0.1, 0.15) is 42.7 Å². The normalized spacial score (nSPS) is 18.3. The summed E-state index contributed by atoms with van der Waals surface area (Å²) < 4.78 is 27.5. The Bertz CT molecular complexity index is 519. The fraction of sp³-hybridized carbons (Fsp3) is 0.600. The van der Waals surface area contributed by atoms with Gasteiger partial charge in [0.2, 0.25) is 0 Å². The number of rotatable bonds is 6. The van der Waals surface area contributed by atoms with Gasteiger partial charge >= 0.3 is 0 Å². The Morgan fingerprint density at radius 3 is 2.35 bits per heavy atom. The summed E-state index contributed by atoms with van der Waals surface area (Å²) in [6.07, 6.45) is 5.85. The summed E-state index contributed by atoms with van der Waals surface area (Å²) in [6, 6.07) is 8.13. The molecular formula is C15H23NO3S. The van der Waals surface area contributed by atoms with Crippen molar-refractivity contribution in [1.82, 2.24) is 0 Å². The summed E-state index contributed by atoms with van der Waals surface area (Å²) in [5, 5.41) is 0. The van der Waals surface area contributed by atoms with Crippen molar-refractivity contribution in [2.45, 2.75) is 38.1 Å². The minimum atomic E-state index is -3.39. The molecule has 0 amide bonds. The maximum atomic E-state index is 11.2. The quantitative estimate of drug-likeness (QED) is 0.819. The monoisotopic (exact) mass is 297 g/mol. The number of hydrogen-bond acceptors (Lipinski definition) is 4. The Hall–Kier alpha value is -0.910. The first kappa shape index (κ1) is 15.5. The lowest BCUT2D eigenvalue weighted by molar-refractivity contribution is 0.252. The lowest BCUT2D eigenvalue weighted by Crippen LogP contribution is -2.18. The third-order valence-electron chi connectivity index (χ3n) is 4.07.